The van der Waals surface area contributed by atoms with Gasteiger partial charge in [0.15, 0.2) is 0 Å². The maximum atomic E-state index is 11.2. The number of nitro benzene ring substituents is 2. The molecule has 0 aliphatic rings. The van der Waals surface area contributed by atoms with Gasteiger partial charge in [-0.15, -0.1) is 0 Å². The molecule has 0 amide bonds. The van der Waals surface area contributed by atoms with E-state index in [1.54, 1.807) is 18.2 Å². The average Bonchev–Trinajstić information content (AvgIpc) is 2.50. The molecule has 2 rings (SSSR count). The van der Waals surface area contributed by atoms with Crippen molar-refractivity contribution in [1.82, 2.24) is 0 Å². The molecule has 120 valence electrons. The van der Waals surface area contributed by atoms with Crippen molar-refractivity contribution in [3.63, 3.8) is 0 Å². The molecule has 2 aromatic carbocycles. The summed E-state index contributed by atoms with van der Waals surface area (Å²) in [4.78, 5) is 31.5. The Hall–Kier alpha value is -3.23. The number of carboxylic acid groups (broad SMARTS) is 1. The van der Waals surface area contributed by atoms with Crippen LogP contribution in [-0.4, -0.2) is 27.5 Å². The molecule has 23 heavy (non-hydrogen) atoms. The molecule has 0 aliphatic carbocycles. The Labute approximate surface area is 129 Å². The van der Waals surface area contributed by atoms with Crippen LogP contribution in [0.1, 0.15) is 12.8 Å². The van der Waals surface area contributed by atoms with Crippen molar-refractivity contribution < 1.29 is 19.7 Å². The lowest BCUT2D eigenvalue weighted by molar-refractivity contribution is -0.392. The molecule has 0 aromatic heterocycles. The van der Waals surface area contributed by atoms with Crippen LogP contribution in [0.25, 0.3) is 10.8 Å². The van der Waals surface area contributed by atoms with Crippen molar-refractivity contribution in [3.8, 4) is 0 Å². The third-order valence-corrected chi connectivity index (χ3v) is 3.26. The number of aliphatic carboxylic acids is 1. The molecule has 2 N–H and O–H groups in total. The SMILES string of the molecule is O=C(O)CCCNc1c([N+](=O)[O-])cc([N+](=O)[O-])c2ccccc12. The van der Waals surface area contributed by atoms with Crippen molar-refractivity contribution in [2.75, 3.05) is 11.9 Å². The van der Waals surface area contributed by atoms with Gasteiger partial charge < -0.3 is 10.4 Å². The van der Waals surface area contributed by atoms with Crippen molar-refractivity contribution in [3.05, 3.63) is 50.6 Å². The monoisotopic (exact) mass is 319 g/mol. The summed E-state index contributed by atoms with van der Waals surface area (Å²) in [5.74, 6) is -0.963. The van der Waals surface area contributed by atoms with Crippen LogP contribution in [-0.2, 0) is 4.79 Å². The zero-order chi connectivity index (χ0) is 17.0. The normalized spacial score (nSPS) is 10.4. The van der Waals surface area contributed by atoms with Gasteiger partial charge in [0.05, 0.1) is 21.3 Å². The second-order valence-corrected chi connectivity index (χ2v) is 4.77. The van der Waals surface area contributed by atoms with Crippen molar-refractivity contribution >= 4 is 33.8 Å². The first kappa shape index (κ1) is 16.1. The van der Waals surface area contributed by atoms with E-state index in [1.165, 1.54) is 6.07 Å². The molecule has 0 saturated heterocycles. The van der Waals surface area contributed by atoms with E-state index in [4.69, 9.17) is 5.11 Å². The number of anilines is 1. The predicted octanol–water partition coefficient (Wildman–Crippen LogP) is 2.93. The number of fused-ring (bicyclic) bond motifs is 1. The van der Waals surface area contributed by atoms with Gasteiger partial charge in [-0.1, -0.05) is 18.2 Å². The number of nitrogens with one attached hydrogen (secondary N) is 1. The van der Waals surface area contributed by atoms with E-state index < -0.39 is 21.5 Å². The van der Waals surface area contributed by atoms with Crippen molar-refractivity contribution in [2.45, 2.75) is 12.8 Å². The highest BCUT2D eigenvalue weighted by molar-refractivity contribution is 6.03. The zero-order valence-corrected chi connectivity index (χ0v) is 11.9. The van der Waals surface area contributed by atoms with Crippen LogP contribution in [0, 0.1) is 20.2 Å². The van der Waals surface area contributed by atoms with Crippen LogP contribution in [0.5, 0.6) is 0 Å². The number of nitrogens with zero attached hydrogens (tertiary/aromatic N) is 2. The number of benzene rings is 2. The third kappa shape index (κ3) is 3.51. The molecule has 0 fully saturated rings. The lowest BCUT2D eigenvalue weighted by Crippen LogP contribution is -2.08. The quantitative estimate of drug-likeness (QED) is 0.455. The number of non-ortho nitro benzene ring substituents is 1. The predicted molar refractivity (Wildman–Crippen MR) is 82.6 cm³/mol. The van der Waals surface area contributed by atoms with E-state index >= 15 is 0 Å². The van der Waals surface area contributed by atoms with E-state index in [1.807, 2.05) is 0 Å². The summed E-state index contributed by atoms with van der Waals surface area (Å²) in [6.07, 6.45) is 0.198. The van der Waals surface area contributed by atoms with E-state index in [0.29, 0.717) is 5.39 Å². The van der Waals surface area contributed by atoms with Gasteiger partial charge in [-0.05, 0) is 12.5 Å². The number of hydrogen-bond donors (Lipinski definition) is 2. The van der Waals surface area contributed by atoms with E-state index in [2.05, 4.69) is 5.32 Å². The van der Waals surface area contributed by atoms with Gasteiger partial charge in [0.2, 0.25) is 0 Å². The average molecular weight is 319 g/mol. The molecule has 0 radical (unpaired) electrons. The molecule has 0 aliphatic heterocycles. The summed E-state index contributed by atoms with van der Waals surface area (Å²) in [6.45, 7) is 0.203. The van der Waals surface area contributed by atoms with E-state index in [9.17, 15) is 25.0 Å². The fraction of sp³-hybridized carbons (Fsp3) is 0.214. The highest BCUT2D eigenvalue weighted by Crippen LogP contribution is 2.39. The van der Waals surface area contributed by atoms with Gasteiger partial charge in [0.25, 0.3) is 11.4 Å². The highest BCUT2D eigenvalue weighted by Gasteiger charge is 2.25. The van der Waals surface area contributed by atoms with Crippen LogP contribution >= 0.6 is 0 Å². The largest absolute Gasteiger partial charge is 0.481 e. The van der Waals surface area contributed by atoms with Crippen LogP contribution in [0.4, 0.5) is 17.1 Å². The molecule has 0 unspecified atom stereocenters. The molecule has 0 saturated carbocycles. The van der Waals surface area contributed by atoms with Gasteiger partial charge in [0.1, 0.15) is 5.69 Å². The molecular weight excluding hydrogens is 306 g/mol. The first-order chi connectivity index (χ1) is 10.9. The molecule has 0 atom stereocenters. The van der Waals surface area contributed by atoms with Gasteiger partial charge in [-0.3, -0.25) is 25.0 Å². The van der Waals surface area contributed by atoms with Gasteiger partial charge in [-0.2, -0.15) is 0 Å². The topological polar surface area (TPSA) is 136 Å². The number of rotatable bonds is 7. The highest BCUT2D eigenvalue weighted by atomic mass is 16.6. The molecule has 9 heteroatoms. The minimum absolute atomic E-state index is 0.0777. The second kappa shape index (κ2) is 6.69. The standard InChI is InChI=1S/C14H13N3O6/c18-13(19)6-3-7-15-14-10-5-2-1-4-9(10)11(16(20)21)8-12(14)17(22)23/h1-2,4-5,8,15H,3,6-7H2,(H,18,19). The van der Waals surface area contributed by atoms with Gasteiger partial charge in [-0.25, -0.2) is 0 Å². The summed E-state index contributed by atoms with van der Waals surface area (Å²) in [6, 6.07) is 7.21. The Bertz CT molecular complexity index is 789. The Balaban J connectivity index is 2.50. The molecule has 0 bridgehead atoms. The first-order valence-electron chi connectivity index (χ1n) is 6.72. The lowest BCUT2D eigenvalue weighted by atomic mass is 10.0. The van der Waals surface area contributed by atoms with Crippen molar-refractivity contribution in [1.29, 1.82) is 0 Å². The summed E-state index contributed by atoms with van der Waals surface area (Å²) >= 11 is 0. The van der Waals surface area contributed by atoms with Crippen molar-refractivity contribution in [2.24, 2.45) is 0 Å². The van der Waals surface area contributed by atoms with Crippen LogP contribution in [0.2, 0.25) is 0 Å². The Morgan fingerprint density at radius 2 is 1.70 bits per heavy atom. The Morgan fingerprint density at radius 3 is 2.26 bits per heavy atom. The lowest BCUT2D eigenvalue weighted by Gasteiger charge is -2.10. The van der Waals surface area contributed by atoms with Crippen LogP contribution < -0.4 is 5.32 Å². The van der Waals surface area contributed by atoms with Crippen LogP contribution in [0.3, 0.4) is 0 Å². The summed E-state index contributed by atoms with van der Waals surface area (Å²) in [7, 11) is 0. The Morgan fingerprint density at radius 1 is 1.09 bits per heavy atom. The molecule has 2 aromatic rings. The zero-order valence-electron chi connectivity index (χ0n) is 11.9. The van der Waals surface area contributed by atoms with Gasteiger partial charge in [0, 0.05) is 18.4 Å². The minimum Gasteiger partial charge on any atom is -0.481 e. The molecule has 9 nitrogen and oxygen atoms in total. The number of nitro groups is 2. The van der Waals surface area contributed by atoms with Gasteiger partial charge >= 0.3 is 5.97 Å². The molecule has 0 heterocycles. The Kier molecular flexibility index (Phi) is 4.69. The van der Waals surface area contributed by atoms with E-state index in [-0.39, 0.29) is 36.1 Å². The minimum atomic E-state index is -0.963. The van der Waals surface area contributed by atoms with Crippen LogP contribution in [0.15, 0.2) is 30.3 Å². The maximum Gasteiger partial charge on any atom is 0.303 e. The molecule has 0 spiro atoms. The smallest absolute Gasteiger partial charge is 0.303 e. The summed E-state index contributed by atoms with van der Waals surface area (Å²) in [5, 5.41) is 34.4. The number of carbonyl (C=O) groups is 1. The summed E-state index contributed by atoms with van der Waals surface area (Å²) in [5.41, 5.74) is -0.601. The number of hydrogen-bond acceptors (Lipinski definition) is 6. The fourth-order valence-electron chi connectivity index (χ4n) is 2.28. The number of carboxylic acids is 1. The molecular formula is C14H13N3O6. The fourth-order valence-corrected chi connectivity index (χ4v) is 2.28. The van der Waals surface area contributed by atoms with E-state index in [0.717, 1.165) is 6.07 Å². The first-order valence-corrected chi connectivity index (χ1v) is 6.72. The summed E-state index contributed by atoms with van der Waals surface area (Å²) < 4.78 is 0. The second-order valence-electron chi connectivity index (χ2n) is 4.77. The maximum absolute atomic E-state index is 11.2. The third-order valence-electron chi connectivity index (χ3n) is 3.26.